The van der Waals surface area contributed by atoms with Gasteiger partial charge in [0.25, 0.3) is 10.0 Å². The van der Waals surface area contributed by atoms with Crippen LogP contribution < -0.4 is 4.72 Å². The van der Waals surface area contributed by atoms with Crippen LogP contribution in [-0.2, 0) is 21.2 Å². The van der Waals surface area contributed by atoms with Crippen molar-refractivity contribution in [3.05, 3.63) is 64.2 Å². The molecule has 0 unspecified atom stereocenters. The molecule has 0 spiro atoms. The van der Waals surface area contributed by atoms with E-state index >= 15 is 0 Å². The van der Waals surface area contributed by atoms with Crippen LogP contribution in [0.25, 0.3) is 0 Å². The second-order valence-corrected chi connectivity index (χ2v) is 7.52. The average Bonchev–Trinajstić information content (AvgIpc) is 2.47. The third-order valence-corrected chi connectivity index (χ3v) is 5.17. The van der Waals surface area contributed by atoms with E-state index in [9.17, 15) is 13.2 Å². The summed E-state index contributed by atoms with van der Waals surface area (Å²) >= 11 is 5.88. The summed E-state index contributed by atoms with van der Waals surface area (Å²) in [5.41, 5.74) is 2.74. The lowest BCUT2D eigenvalue weighted by Crippen LogP contribution is -2.30. The smallest absolute Gasteiger partial charge is 0.264 e. The molecule has 122 valence electrons. The van der Waals surface area contributed by atoms with Crippen molar-refractivity contribution < 1.29 is 13.2 Å². The zero-order valence-electron chi connectivity index (χ0n) is 13.0. The summed E-state index contributed by atoms with van der Waals surface area (Å²) in [6, 6.07) is 11.9. The second kappa shape index (κ2) is 7.15. The van der Waals surface area contributed by atoms with Gasteiger partial charge >= 0.3 is 0 Å². The second-order valence-electron chi connectivity index (χ2n) is 5.40. The van der Waals surface area contributed by atoms with E-state index in [1.165, 1.54) is 6.07 Å². The fraction of sp³-hybridized carbons (Fsp3) is 0.235. The first kappa shape index (κ1) is 17.5. The Kier molecular flexibility index (Phi) is 5.44. The van der Waals surface area contributed by atoms with E-state index in [4.69, 9.17) is 11.6 Å². The van der Waals surface area contributed by atoms with Gasteiger partial charge in [0, 0.05) is 11.4 Å². The highest BCUT2D eigenvalue weighted by Gasteiger charge is 2.18. The maximum Gasteiger partial charge on any atom is 0.264 e. The molecule has 0 fully saturated rings. The van der Waals surface area contributed by atoms with Gasteiger partial charge < -0.3 is 0 Å². The molecule has 1 N–H and O–H groups in total. The van der Waals surface area contributed by atoms with Gasteiger partial charge in [-0.15, -0.1) is 0 Å². The first-order valence-corrected chi connectivity index (χ1v) is 9.01. The van der Waals surface area contributed by atoms with Gasteiger partial charge in [0.2, 0.25) is 5.91 Å². The molecular formula is C17H18ClNO3S. The minimum Gasteiger partial charge on any atom is -0.274 e. The van der Waals surface area contributed by atoms with Crippen LogP contribution in [-0.4, -0.2) is 14.3 Å². The van der Waals surface area contributed by atoms with Gasteiger partial charge in [-0.05, 0) is 61.2 Å². The summed E-state index contributed by atoms with van der Waals surface area (Å²) in [6.45, 7) is 3.73. The number of halogens is 1. The molecule has 0 aliphatic carbocycles. The van der Waals surface area contributed by atoms with Crippen LogP contribution in [0.2, 0.25) is 5.02 Å². The standard InChI is InChI=1S/C17H18ClNO3S/c1-12-6-8-16(10-13(12)2)23(21,22)19-17(20)9-7-14-4-3-5-15(18)11-14/h3-6,8,10-11H,7,9H2,1-2H3,(H,19,20). The van der Waals surface area contributed by atoms with Gasteiger partial charge in [-0.3, -0.25) is 4.79 Å². The molecule has 0 saturated carbocycles. The van der Waals surface area contributed by atoms with Gasteiger partial charge in [-0.25, -0.2) is 13.1 Å². The molecule has 0 heterocycles. The largest absolute Gasteiger partial charge is 0.274 e. The minimum absolute atomic E-state index is 0.0738. The Morgan fingerprint density at radius 2 is 1.83 bits per heavy atom. The number of aryl methyl sites for hydroxylation is 3. The molecule has 2 aromatic carbocycles. The highest BCUT2D eigenvalue weighted by Crippen LogP contribution is 2.15. The summed E-state index contributed by atoms with van der Waals surface area (Å²) in [4.78, 5) is 12.0. The van der Waals surface area contributed by atoms with Crippen molar-refractivity contribution in [3.8, 4) is 0 Å². The summed E-state index contributed by atoms with van der Waals surface area (Å²) in [7, 11) is -3.84. The summed E-state index contributed by atoms with van der Waals surface area (Å²) < 4.78 is 26.5. The maximum absolute atomic E-state index is 12.2. The van der Waals surface area contributed by atoms with Gasteiger partial charge in [0.15, 0.2) is 0 Å². The first-order chi connectivity index (χ1) is 10.8. The Bertz CT molecular complexity index is 831. The Morgan fingerprint density at radius 3 is 2.48 bits per heavy atom. The molecule has 6 heteroatoms. The van der Waals surface area contributed by atoms with Crippen molar-refractivity contribution in [1.82, 2.24) is 4.72 Å². The van der Waals surface area contributed by atoms with Crippen molar-refractivity contribution in [3.63, 3.8) is 0 Å². The Labute approximate surface area is 141 Å². The summed E-state index contributed by atoms with van der Waals surface area (Å²) in [5.74, 6) is -0.539. The average molecular weight is 352 g/mol. The molecule has 23 heavy (non-hydrogen) atoms. The van der Waals surface area contributed by atoms with Gasteiger partial charge in [-0.1, -0.05) is 29.8 Å². The Hall–Kier alpha value is -1.85. The SMILES string of the molecule is Cc1ccc(S(=O)(=O)NC(=O)CCc2cccc(Cl)c2)cc1C. The molecule has 0 atom stereocenters. The van der Waals surface area contributed by atoms with E-state index < -0.39 is 15.9 Å². The molecule has 0 saturated heterocycles. The van der Waals surface area contributed by atoms with E-state index in [1.54, 1.807) is 30.3 Å². The molecular weight excluding hydrogens is 334 g/mol. The molecule has 0 radical (unpaired) electrons. The number of carbonyl (C=O) groups excluding carboxylic acids is 1. The number of nitrogens with one attached hydrogen (secondary N) is 1. The fourth-order valence-electron chi connectivity index (χ4n) is 2.09. The first-order valence-electron chi connectivity index (χ1n) is 7.15. The molecule has 0 aromatic heterocycles. The minimum atomic E-state index is -3.84. The molecule has 1 amide bonds. The molecule has 0 aliphatic rings. The van der Waals surface area contributed by atoms with Crippen LogP contribution in [0, 0.1) is 13.8 Å². The fourth-order valence-corrected chi connectivity index (χ4v) is 3.40. The van der Waals surface area contributed by atoms with Crippen LogP contribution in [0.15, 0.2) is 47.4 Å². The van der Waals surface area contributed by atoms with Gasteiger partial charge in [0.1, 0.15) is 0 Å². The molecule has 2 aromatic rings. The van der Waals surface area contributed by atoms with Crippen molar-refractivity contribution in [2.24, 2.45) is 0 Å². The third-order valence-electron chi connectivity index (χ3n) is 3.57. The third kappa shape index (κ3) is 4.81. The van der Waals surface area contributed by atoms with Crippen molar-refractivity contribution in [1.29, 1.82) is 0 Å². The van der Waals surface area contributed by atoms with Crippen LogP contribution in [0.3, 0.4) is 0 Å². The van der Waals surface area contributed by atoms with E-state index in [0.29, 0.717) is 11.4 Å². The van der Waals surface area contributed by atoms with Crippen molar-refractivity contribution in [2.45, 2.75) is 31.6 Å². The van der Waals surface area contributed by atoms with E-state index in [0.717, 1.165) is 16.7 Å². The van der Waals surface area contributed by atoms with Crippen molar-refractivity contribution in [2.75, 3.05) is 0 Å². The number of hydrogen-bond donors (Lipinski definition) is 1. The topological polar surface area (TPSA) is 63.2 Å². The monoisotopic (exact) mass is 351 g/mol. The van der Waals surface area contributed by atoms with Crippen LogP contribution in [0.4, 0.5) is 0 Å². The van der Waals surface area contributed by atoms with E-state index in [2.05, 4.69) is 4.72 Å². The van der Waals surface area contributed by atoms with E-state index in [1.807, 2.05) is 19.9 Å². The number of carbonyl (C=O) groups is 1. The number of rotatable bonds is 5. The van der Waals surface area contributed by atoms with Crippen LogP contribution >= 0.6 is 11.6 Å². The van der Waals surface area contributed by atoms with E-state index in [-0.39, 0.29) is 11.3 Å². The van der Waals surface area contributed by atoms with Gasteiger partial charge in [0.05, 0.1) is 4.90 Å². The van der Waals surface area contributed by atoms with Gasteiger partial charge in [-0.2, -0.15) is 0 Å². The lowest BCUT2D eigenvalue weighted by molar-refractivity contribution is -0.119. The lowest BCUT2D eigenvalue weighted by Gasteiger charge is -2.09. The van der Waals surface area contributed by atoms with Crippen LogP contribution in [0.5, 0.6) is 0 Å². The number of sulfonamides is 1. The van der Waals surface area contributed by atoms with Crippen molar-refractivity contribution >= 4 is 27.5 Å². The number of amides is 1. The predicted molar refractivity (Wildman–Crippen MR) is 91.0 cm³/mol. The quantitative estimate of drug-likeness (QED) is 0.898. The number of benzene rings is 2. The molecule has 0 aliphatic heterocycles. The number of hydrogen-bond acceptors (Lipinski definition) is 3. The normalized spacial score (nSPS) is 11.3. The predicted octanol–water partition coefficient (Wildman–Crippen LogP) is 3.39. The highest BCUT2D eigenvalue weighted by atomic mass is 35.5. The zero-order valence-corrected chi connectivity index (χ0v) is 14.5. The Morgan fingerprint density at radius 1 is 1.09 bits per heavy atom. The molecule has 4 nitrogen and oxygen atoms in total. The lowest BCUT2D eigenvalue weighted by atomic mass is 10.1. The van der Waals surface area contributed by atoms with Crippen LogP contribution in [0.1, 0.15) is 23.1 Å². The zero-order chi connectivity index (χ0) is 17.0. The summed E-state index contributed by atoms with van der Waals surface area (Å²) in [5, 5.41) is 0.589. The summed E-state index contributed by atoms with van der Waals surface area (Å²) in [6.07, 6.45) is 0.499. The molecule has 2 rings (SSSR count). The maximum atomic E-state index is 12.2. The molecule has 0 bridgehead atoms. The highest BCUT2D eigenvalue weighted by molar-refractivity contribution is 7.90. The Balaban J connectivity index is 2.02.